The molecule has 8 aromatic rings. The third-order valence-electron chi connectivity index (χ3n) is 8.36. The van der Waals surface area contributed by atoms with Crippen molar-refractivity contribution in [3.05, 3.63) is 92.7 Å². The van der Waals surface area contributed by atoms with E-state index in [-0.39, 0.29) is 61.0 Å². The van der Waals surface area contributed by atoms with Crippen LogP contribution in [0.3, 0.4) is 0 Å². The topological polar surface area (TPSA) is 268 Å². The van der Waals surface area contributed by atoms with Gasteiger partial charge in [0.1, 0.15) is 40.5 Å². The van der Waals surface area contributed by atoms with Crippen LogP contribution in [0.4, 0.5) is 11.6 Å². The fraction of sp³-hybridized carbons (Fsp3) is 0.188. The Bertz CT molecular complexity index is 2830. The highest BCUT2D eigenvalue weighted by molar-refractivity contribution is 6.05. The lowest BCUT2D eigenvalue weighted by atomic mass is 10.2. The molecule has 0 bridgehead atoms. The van der Waals surface area contributed by atoms with Gasteiger partial charge in [-0.1, -0.05) is 12.1 Å². The second-order valence-corrected chi connectivity index (χ2v) is 11.7. The lowest BCUT2D eigenvalue weighted by Crippen LogP contribution is -2.24. The number of hydrogen-bond donors (Lipinski definition) is 4. The van der Waals surface area contributed by atoms with Crippen molar-refractivity contribution in [3.8, 4) is 0 Å². The molecule has 0 unspecified atom stereocenters. The monoisotopic (exact) mass is 778 g/mol. The molecule has 8 rings (SSSR count). The van der Waals surface area contributed by atoms with Gasteiger partial charge in [0.05, 0.1) is 11.0 Å². The van der Waals surface area contributed by atoms with Gasteiger partial charge >= 0.3 is 11.5 Å². The molecule has 6 N–H and O–H groups in total. The summed E-state index contributed by atoms with van der Waals surface area (Å²) >= 11 is 0. The van der Waals surface area contributed by atoms with Gasteiger partial charge in [-0.15, -0.1) is 24.8 Å². The average Bonchev–Trinajstić information content (AvgIpc) is 3.81. The molecule has 20 nitrogen and oxygen atoms in total. The third-order valence-corrected chi connectivity index (χ3v) is 8.36. The molecule has 0 fully saturated rings. The molecule has 0 aliphatic heterocycles. The number of carbonyl (C=O) groups is 2. The Morgan fingerprint density at radius 1 is 0.667 bits per heavy atom. The normalized spacial score (nSPS) is 10.9. The van der Waals surface area contributed by atoms with Crippen molar-refractivity contribution in [2.45, 2.75) is 13.1 Å². The molecule has 0 saturated carbocycles. The van der Waals surface area contributed by atoms with Gasteiger partial charge in [-0.2, -0.15) is 10.2 Å². The van der Waals surface area contributed by atoms with Crippen LogP contribution in [0.15, 0.2) is 67.5 Å². The summed E-state index contributed by atoms with van der Waals surface area (Å²) in [6.07, 6.45) is 2.56. The maximum Gasteiger partial charge on any atom is 0.419 e. The first-order valence-electron chi connectivity index (χ1n) is 15.5. The minimum atomic E-state index is -0.433. The number of rotatable bonds is 6. The first kappa shape index (κ1) is 38.4. The number of aryl methyl sites for hydroxylation is 4. The first-order valence-corrected chi connectivity index (χ1v) is 15.5. The number of nitrogen functional groups attached to an aromatic ring is 2. The van der Waals surface area contributed by atoms with E-state index in [4.69, 9.17) is 20.3 Å². The highest BCUT2D eigenvalue weighted by Gasteiger charge is 2.20. The van der Waals surface area contributed by atoms with Gasteiger partial charge < -0.3 is 30.9 Å². The van der Waals surface area contributed by atoms with Crippen LogP contribution in [-0.4, -0.2) is 60.4 Å². The molecular weight excluding hydrogens is 747 g/mol. The number of oxazole rings is 2. The molecule has 6 heterocycles. The minimum absolute atomic E-state index is 0. The average molecular weight is 780 g/mol. The number of nitrogens with one attached hydrogen (secondary N) is 2. The summed E-state index contributed by atoms with van der Waals surface area (Å²) in [5.41, 5.74) is 17.6. The fourth-order valence-electron chi connectivity index (χ4n) is 5.58. The van der Waals surface area contributed by atoms with Crippen LogP contribution in [0.25, 0.3) is 44.3 Å². The quantitative estimate of drug-likeness (QED) is 0.186. The summed E-state index contributed by atoms with van der Waals surface area (Å²) in [5, 5.41) is 13.9. The summed E-state index contributed by atoms with van der Waals surface area (Å²) in [6.45, 7) is 0.509. The van der Waals surface area contributed by atoms with Crippen LogP contribution >= 0.6 is 24.8 Å². The van der Waals surface area contributed by atoms with Crippen LogP contribution < -0.4 is 33.6 Å². The summed E-state index contributed by atoms with van der Waals surface area (Å²) in [4.78, 5) is 64.4. The van der Waals surface area contributed by atoms with E-state index in [1.807, 2.05) is 0 Å². The van der Waals surface area contributed by atoms with Crippen LogP contribution in [0.2, 0.25) is 0 Å². The molecule has 2 aromatic carbocycles. The number of nitrogens with two attached hydrogens (primary N) is 2. The fourth-order valence-corrected chi connectivity index (χ4v) is 5.58. The number of nitrogens with zero attached hydrogens (tertiary/aromatic N) is 10. The van der Waals surface area contributed by atoms with Gasteiger partial charge in [-0.05, 0) is 35.4 Å². The minimum Gasteiger partial charge on any atom is -0.408 e. The number of carbonyl (C=O) groups excluding carboxylic acids is 2. The number of amides is 2. The summed E-state index contributed by atoms with van der Waals surface area (Å²) in [6, 6.07) is 10.5. The van der Waals surface area contributed by atoms with E-state index in [0.29, 0.717) is 50.1 Å². The first-order chi connectivity index (χ1) is 24.9. The maximum atomic E-state index is 12.6. The highest BCUT2D eigenvalue weighted by Crippen LogP contribution is 2.21. The predicted octanol–water partition coefficient (Wildman–Crippen LogP) is 1.48. The van der Waals surface area contributed by atoms with Crippen molar-refractivity contribution in [3.63, 3.8) is 0 Å². The van der Waals surface area contributed by atoms with E-state index in [0.717, 1.165) is 11.1 Å². The Labute approximate surface area is 315 Å². The number of halogens is 2. The number of fused-ring (bicyclic) bond motifs is 4. The van der Waals surface area contributed by atoms with E-state index in [1.165, 1.54) is 31.2 Å². The number of benzene rings is 2. The molecule has 54 heavy (non-hydrogen) atoms. The van der Waals surface area contributed by atoms with E-state index in [9.17, 15) is 19.2 Å². The van der Waals surface area contributed by atoms with Gasteiger partial charge in [0, 0.05) is 41.3 Å². The van der Waals surface area contributed by atoms with Gasteiger partial charge in [-0.25, -0.2) is 29.5 Å². The Balaban J connectivity index is 0.000000200. The molecule has 0 atom stereocenters. The highest BCUT2D eigenvalue weighted by atomic mass is 35.5. The van der Waals surface area contributed by atoms with Crippen molar-refractivity contribution in [2.24, 2.45) is 28.2 Å². The number of anilines is 2. The molecule has 0 radical (unpaired) electrons. The van der Waals surface area contributed by atoms with E-state index in [1.54, 1.807) is 64.6 Å². The van der Waals surface area contributed by atoms with Crippen molar-refractivity contribution in [1.29, 1.82) is 0 Å². The lowest BCUT2D eigenvalue weighted by Gasteiger charge is -2.06. The standard InChI is InChI=1S/2C16H15N7O3.2ClH/c1-22-9-5-8(3-4-10(9)26-16(22)25)6-18-15(24)12-13-11(19-7-20-12)14(17)21-23(13)2;1-22-9-5-8(3-4-10(9)26-16(22)25)6-18-15(24)13-11-12(19-7-20-13)14(17)23(2)21-11;;/h3-5,7H,6H2,1-2H3,(H2,17,21)(H,18,24);3-5,7H,6,17H2,1-2H3,(H,18,24);2*1H. The molecule has 0 aliphatic carbocycles. The molecule has 0 spiro atoms. The zero-order chi connectivity index (χ0) is 36.8. The van der Waals surface area contributed by atoms with Crippen LogP contribution in [0.1, 0.15) is 32.1 Å². The van der Waals surface area contributed by atoms with Crippen molar-refractivity contribution in [1.82, 2.24) is 59.3 Å². The molecule has 0 aliphatic rings. The third kappa shape index (κ3) is 6.89. The smallest absolute Gasteiger partial charge is 0.408 e. The van der Waals surface area contributed by atoms with Crippen LogP contribution in [0, 0.1) is 0 Å². The second-order valence-electron chi connectivity index (χ2n) is 11.7. The largest absolute Gasteiger partial charge is 0.419 e. The summed E-state index contributed by atoms with van der Waals surface area (Å²) in [7, 11) is 6.59. The summed E-state index contributed by atoms with van der Waals surface area (Å²) in [5.74, 6) is -1.03. The Kier molecular flexibility index (Phi) is 10.7. The Hall–Kier alpha value is -6.80. The zero-order valence-electron chi connectivity index (χ0n) is 28.9. The summed E-state index contributed by atoms with van der Waals surface area (Å²) < 4.78 is 15.9. The molecule has 0 saturated heterocycles. The van der Waals surface area contributed by atoms with E-state index in [2.05, 4.69) is 40.8 Å². The van der Waals surface area contributed by atoms with Gasteiger partial charge in [-0.3, -0.25) is 28.1 Å². The Morgan fingerprint density at radius 3 is 1.72 bits per heavy atom. The van der Waals surface area contributed by atoms with Gasteiger partial charge in [0.2, 0.25) is 0 Å². The number of aromatic nitrogens is 10. The van der Waals surface area contributed by atoms with Crippen molar-refractivity contribution in [2.75, 3.05) is 11.5 Å². The maximum absolute atomic E-state index is 12.6. The van der Waals surface area contributed by atoms with Crippen LogP contribution in [0.5, 0.6) is 0 Å². The lowest BCUT2D eigenvalue weighted by molar-refractivity contribution is 0.0939. The number of hydrogen-bond acceptors (Lipinski definition) is 14. The SMILES string of the molecule is Cl.Cl.Cn1nc(N)c2ncnc(C(=O)NCc3ccc4oc(=O)n(C)c4c3)c21.Cn1nc2c(C(=O)NCc3ccc4oc(=O)n(C)c4c3)ncnc2c1N. The van der Waals surface area contributed by atoms with Crippen LogP contribution in [-0.2, 0) is 41.3 Å². The molecule has 2 amide bonds. The van der Waals surface area contributed by atoms with Crippen molar-refractivity contribution >= 4 is 92.5 Å². The molecular formula is C32H32Cl2N14O6. The van der Waals surface area contributed by atoms with E-state index >= 15 is 0 Å². The molecule has 22 heteroatoms. The Morgan fingerprint density at radius 2 is 1.17 bits per heavy atom. The van der Waals surface area contributed by atoms with E-state index < -0.39 is 17.4 Å². The molecule has 6 aromatic heterocycles. The second kappa shape index (κ2) is 15.0. The van der Waals surface area contributed by atoms with Crippen molar-refractivity contribution < 1.29 is 18.4 Å². The van der Waals surface area contributed by atoms with Gasteiger partial charge in [0.25, 0.3) is 11.8 Å². The molecule has 280 valence electrons. The zero-order valence-corrected chi connectivity index (χ0v) is 30.6. The predicted molar refractivity (Wildman–Crippen MR) is 201 cm³/mol. The van der Waals surface area contributed by atoms with Gasteiger partial charge in [0.15, 0.2) is 28.4 Å².